The maximum atomic E-state index is 12.2. The number of cyclic esters (lactones) is 1. The molecule has 0 radical (unpaired) electrons. The van der Waals surface area contributed by atoms with Crippen molar-refractivity contribution >= 4 is 17.9 Å². The van der Waals surface area contributed by atoms with Gasteiger partial charge in [0.05, 0.1) is 6.61 Å². The maximum absolute atomic E-state index is 12.2. The lowest BCUT2D eigenvalue weighted by atomic mass is 10.0. The average Bonchev–Trinajstić information content (AvgIpc) is 3.03. The van der Waals surface area contributed by atoms with Gasteiger partial charge in [0.2, 0.25) is 5.90 Å². The number of carbonyl (C=O) groups is 1. The Balaban J connectivity index is 1.78. The van der Waals surface area contributed by atoms with E-state index in [2.05, 4.69) is 25.8 Å². The summed E-state index contributed by atoms with van der Waals surface area (Å²) in [5.74, 6) is 1.15. The first-order valence-corrected chi connectivity index (χ1v) is 9.42. The van der Waals surface area contributed by atoms with E-state index in [0.29, 0.717) is 24.1 Å². The third kappa shape index (κ3) is 4.85. The predicted molar refractivity (Wildman–Crippen MR) is 108 cm³/mol. The quantitative estimate of drug-likeness (QED) is 0.379. The fraction of sp³-hybridized carbons (Fsp3) is 0.304. The molecule has 4 heteroatoms. The topological polar surface area (TPSA) is 47.9 Å². The number of nitrogens with zero attached hydrogens (tertiary/aromatic N) is 1. The predicted octanol–water partition coefficient (Wildman–Crippen LogP) is 5.33. The second-order valence-corrected chi connectivity index (χ2v) is 6.89. The molecule has 0 bridgehead atoms. The molecule has 0 fully saturated rings. The van der Waals surface area contributed by atoms with Crippen molar-refractivity contribution < 1.29 is 14.3 Å². The van der Waals surface area contributed by atoms with Crippen molar-refractivity contribution in [3.63, 3.8) is 0 Å². The lowest BCUT2D eigenvalue weighted by Crippen LogP contribution is -2.05. The van der Waals surface area contributed by atoms with Gasteiger partial charge in [-0.3, -0.25) is 0 Å². The molecule has 0 atom stereocenters. The Bertz CT molecular complexity index is 863. The molecule has 140 valence electrons. The van der Waals surface area contributed by atoms with E-state index in [9.17, 15) is 4.79 Å². The van der Waals surface area contributed by atoms with Crippen LogP contribution in [0.5, 0.6) is 5.75 Å². The van der Waals surface area contributed by atoms with Crippen LogP contribution in [0.3, 0.4) is 0 Å². The van der Waals surface area contributed by atoms with E-state index in [4.69, 9.17) is 9.47 Å². The van der Waals surface area contributed by atoms with E-state index >= 15 is 0 Å². The van der Waals surface area contributed by atoms with Gasteiger partial charge in [0.25, 0.3) is 0 Å². The van der Waals surface area contributed by atoms with Crippen molar-refractivity contribution in [2.24, 2.45) is 4.99 Å². The zero-order valence-electron chi connectivity index (χ0n) is 16.1. The normalized spacial score (nSPS) is 15.2. The molecule has 0 saturated carbocycles. The number of esters is 1. The zero-order valence-corrected chi connectivity index (χ0v) is 16.1. The van der Waals surface area contributed by atoms with Gasteiger partial charge in [0, 0.05) is 5.56 Å². The van der Waals surface area contributed by atoms with Crippen LogP contribution in [-0.2, 0) is 9.53 Å². The highest BCUT2D eigenvalue weighted by Gasteiger charge is 2.24. The molecule has 2 aromatic carbocycles. The highest BCUT2D eigenvalue weighted by atomic mass is 16.6. The summed E-state index contributed by atoms with van der Waals surface area (Å²) >= 11 is 0. The van der Waals surface area contributed by atoms with Crippen LogP contribution < -0.4 is 4.74 Å². The van der Waals surface area contributed by atoms with Gasteiger partial charge in [-0.2, -0.15) is 0 Å². The third-order valence-electron chi connectivity index (χ3n) is 4.37. The van der Waals surface area contributed by atoms with E-state index in [1.54, 1.807) is 6.08 Å². The molecular weight excluding hydrogens is 338 g/mol. The van der Waals surface area contributed by atoms with Crippen molar-refractivity contribution in [1.29, 1.82) is 0 Å². The van der Waals surface area contributed by atoms with Crippen LogP contribution in [0.2, 0.25) is 0 Å². The molecule has 0 amide bonds. The standard InChI is InChI=1S/C23H25NO3/c1-4-5-13-26-20-8-6-7-17(14-20)15-21-23(25)27-22(24-21)19-11-9-18(10-12-19)16(2)3/h6-12,14-16H,4-5,13H2,1-3H3/b21-15-. The van der Waals surface area contributed by atoms with Crippen LogP contribution in [0, 0.1) is 0 Å². The first-order chi connectivity index (χ1) is 13.1. The van der Waals surface area contributed by atoms with Crippen LogP contribution in [0.1, 0.15) is 56.2 Å². The smallest absolute Gasteiger partial charge is 0.363 e. The molecule has 0 aliphatic carbocycles. The fourth-order valence-electron chi connectivity index (χ4n) is 2.73. The van der Waals surface area contributed by atoms with Gasteiger partial charge in [0.15, 0.2) is 5.70 Å². The SMILES string of the molecule is CCCCOc1cccc(/C=C2\N=C(c3ccc(C(C)C)cc3)OC2=O)c1. The number of hydrogen-bond acceptors (Lipinski definition) is 4. The van der Waals surface area contributed by atoms with Gasteiger partial charge in [-0.15, -0.1) is 0 Å². The van der Waals surface area contributed by atoms with Crippen molar-refractivity contribution in [1.82, 2.24) is 0 Å². The average molecular weight is 363 g/mol. The Hall–Kier alpha value is -2.88. The van der Waals surface area contributed by atoms with E-state index in [-0.39, 0.29) is 0 Å². The lowest BCUT2D eigenvalue weighted by Gasteiger charge is -2.05. The minimum Gasteiger partial charge on any atom is -0.494 e. The Labute approximate surface area is 160 Å². The summed E-state index contributed by atoms with van der Waals surface area (Å²) in [5, 5.41) is 0. The van der Waals surface area contributed by atoms with Crippen molar-refractivity contribution in [3.05, 3.63) is 70.9 Å². The molecule has 1 aliphatic heterocycles. The van der Waals surface area contributed by atoms with Gasteiger partial charge in [-0.25, -0.2) is 9.79 Å². The highest BCUT2D eigenvalue weighted by molar-refractivity contribution is 6.12. The number of hydrogen-bond donors (Lipinski definition) is 0. The molecular formula is C23H25NO3. The summed E-state index contributed by atoms with van der Waals surface area (Å²) in [7, 11) is 0. The molecule has 3 rings (SSSR count). The zero-order chi connectivity index (χ0) is 19.2. The van der Waals surface area contributed by atoms with Crippen molar-refractivity contribution in [3.8, 4) is 5.75 Å². The number of aliphatic imine (C=N–C) groups is 1. The summed E-state index contributed by atoms with van der Waals surface area (Å²) in [6, 6.07) is 15.6. The molecule has 0 saturated heterocycles. The number of unbranched alkanes of at least 4 members (excludes halogenated alkanes) is 1. The largest absolute Gasteiger partial charge is 0.494 e. The second kappa shape index (κ2) is 8.67. The number of benzene rings is 2. The van der Waals surface area contributed by atoms with Crippen molar-refractivity contribution in [2.45, 2.75) is 39.5 Å². The van der Waals surface area contributed by atoms with Crippen molar-refractivity contribution in [2.75, 3.05) is 6.61 Å². The van der Waals surface area contributed by atoms with Crippen LogP contribution in [0.15, 0.2) is 59.2 Å². The summed E-state index contributed by atoms with van der Waals surface area (Å²) in [6.45, 7) is 7.10. The summed E-state index contributed by atoms with van der Waals surface area (Å²) in [4.78, 5) is 16.6. The van der Waals surface area contributed by atoms with Crippen LogP contribution in [-0.4, -0.2) is 18.5 Å². The van der Waals surface area contributed by atoms with Crippen LogP contribution in [0.4, 0.5) is 0 Å². The maximum Gasteiger partial charge on any atom is 0.363 e. The van der Waals surface area contributed by atoms with Crippen LogP contribution >= 0.6 is 0 Å². The van der Waals surface area contributed by atoms with Gasteiger partial charge >= 0.3 is 5.97 Å². The highest BCUT2D eigenvalue weighted by Crippen LogP contribution is 2.22. The fourth-order valence-corrected chi connectivity index (χ4v) is 2.73. The first kappa shape index (κ1) is 18.9. The summed E-state index contributed by atoms with van der Waals surface area (Å²) in [5.41, 5.74) is 3.19. The summed E-state index contributed by atoms with van der Waals surface area (Å²) < 4.78 is 11.1. The molecule has 1 heterocycles. The molecule has 0 aromatic heterocycles. The lowest BCUT2D eigenvalue weighted by molar-refractivity contribution is -0.129. The number of rotatable bonds is 7. The molecule has 1 aliphatic rings. The monoisotopic (exact) mass is 363 g/mol. The minimum atomic E-state index is -0.435. The van der Waals surface area contributed by atoms with E-state index in [1.807, 2.05) is 48.5 Å². The molecule has 0 spiro atoms. The molecule has 4 nitrogen and oxygen atoms in total. The Morgan fingerprint density at radius 3 is 2.63 bits per heavy atom. The number of ether oxygens (including phenoxy) is 2. The Morgan fingerprint density at radius 2 is 1.93 bits per heavy atom. The van der Waals surface area contributed by atoms with Gasteiger partial charge in [-0.1, -0.05) is 51.5 Å². The van der Waals surface area contributed by atoms with E-state index in [0.717, 1.165) is 29.7 Å². The number of carbonyl (C=O) groups excluding carboxylic acids is 1. The first-order valence-electron chi connectivity index (χ1n) is 9.42. The Morgan fingerprint density at radius 1 is 1.15 bits per heavy atom. The summed E-state index contributed by atoms with van der Waals surface area (Å²) in [6.07, 6.45) is 3.83. The van der Waals surface area contributed by atoms with Gasteiger partial charge < -0.3 is 9.47 Å². The van der Waals surface area contributed by atoms with Gasteiger partial charge in [0.1, 0.15) is 5.75 Å². The van der Waals surface area contributed by atoms with E-state index in [1.165, 1.54) is 5.56 Å². The molecule has 0 N–H and O–H groups in total. The second-order valence-electron chi connectivity index (χ2n) is 6.89. The Kier molecular flexibility index (Phi) is 6.07. The minimum absolute atomic E-state index is 0.295. The molecule has 27 heavy (non-hydrogen) atoms. The van der Waals surface area contributed by atoms with Crippen LogP contribution in [0.25, 0.3) is 6.08 Å². The van der Waals surface area contributed by atoms with E-state index < -0.39 is 5.97 Å². The third-order valence-corrected chi connectivity index (χ3v) is 4.37. The van der Waals surface area contributed by atoms with Gasteiger partial charge in [-0.05, 0) is 53.8 Å². The molecule has 0 unspecified atom stereocenters. The molecule has 2 aromatic rings.